The third kappa shape index (κ3) is 3.02. The van der Waals surface area contributed by atoms with Crippen LogP contribution in [0.3, 0.4) is 0 Å². The van der Waals surface area contributed by atoms with Crippen LogP contribution in [0.25, 0.3) is 33.1 Å². The van der Waals surface area contributed by atoms with Crippen molar-refractivity contribution in [1.29, 1.82) is 0 Å². The lowest BCUT2D eigenvalue weighted by atomic mass is 9.96. The first-order valence-electron chi connectivity index (χ1n) is 11.1. The number of rotatable bonds is 3. The molecule has 0 radical (unpaired) electrons. The minimum absolute atomic E-state index is 0.0416. The lowest BCUT2D eigenvalue weighted by Crippen LogP contribution is -2.26. The first-order chi connectivity index (χ1) is 15.8. The molecule has 2 aromatic carbocycles. The van der Waals surface area contributed by atoms with Crippen molar-refractivity contribution in [2.75, 3.05) is 23.7 Å². The molecule has 0 bridgehead atoms. The van der Waals surface area contributed by atoms with E-state index in [1.807, 2.05) is 11.8 Å². The van der Waals surface area contributed by atoms with Gasteiger partial charge in [0.1, 0.15) is 11.6 Å². The SMILES string of the molecule is Cc1c(-c2cc(F)c(N)cc2F)ccc2c3oc(N4CC[C@@H](N)C4)nc3c(=O)n(C3CC3)c12. The summed E-state index contributed by atoms with van der Waals surface area (Å²) in [7, 11) is 0. The largest absolute Gasteiger partial charge is 0.422 e. The number of fused-ring (bicyclic) bond motifs is 3. The summed E-state index contributed by atoms with van der Waals surface area (Å²) < 4.78 is 36.8. The second-order valence-corrected chi connectivity index (χ2v) is 9.06. The van der Waals surface area contributed by atoms with Gasteiger partial charge in [-0.15, -0.1) is 0 Å². The molecule has 6 rings (SSSR count). The summed E-state index contributed by atoms with van der Waals surface area (Å²) in [6, 6.07) is 6.07. The molecule has 0 unspecified atom stereocenters. The van der Waals surface area contributed by atoms with Gasteiger partial charge >= 0.3 is 0 Å². The van der Waals surface area contributed by atoms with Gasteiger partial charge in [0.25, 0.3) is 11.6 Å². The zero-order valence-corrected chi connectivity index (χ0v) is 18.1. The molecule has 3 heterocycles. The topological polar surface area (TPSA) is 103 Å². The fraction of sp³-hybridized carbons (Fsp3) is 0.333. The van der Waals surface area contributed by atoms with Crippen molar-refractivity contribution in [2.45, 2.75) is 38.3 Å². The van der Waals surface area contributed by atoms with Crippen molar-refractivity contribution in [1.82, 2.24) is 9.55 Å². The third-order valence-electron chi connectivity index (χ3n) is 6.74. The number of nitrogen functional groups attached to an aromatic ring is 1. The number of benzene rings is 2. The van der Waals surface area contributed by atoms with E-state index in [1.165, 1.54) is 0 Å². The van der Waals surface area contributed by atoms with E-state index < -0.39 is 11.6 Å². The molecule has 7 nitrogen and oxygen atoms in total. The maximum absolute atomic E-state index is 14.7. The van der Waals surface area contributed by atoms with Crippen molar-refractivity contribution in [3.8, 4) is 11.1 Å². The quantitative estimate of drug-likeness (QED) is 0.459. The number of aryl methyl sites for hydroxylation is 1. The standard InChI is InChI=1S/C24H23F2N5O2/c1-11-14(16-8-18(26)19(28)9-17(16)25)4-5-15-21(11)31(13-2-3-13)23(32)20-22(15)33-24(29-20)30-7-6-12(27)10-30/h4-5,8-9,12-13H,2-3,6-7,10,27-28H2,1H3/t12-/m1/s1. The molecule has 1 saturated heterocycles. The van der Waals surface area contributed by atoms with Crippen molar-refractivity contribution < 1.29 is 13.2 Å². The molecule has 2 fully saturated rings. The Kier molecular flexibility index (Phi) is 4.29. The van der Waals surface area contributed by atoms with E-state index in [-0.39, 0.29) is 34.4 Å². The van der Waals surface area contributed by atoms with E-state index in [4.69, 9.17) is 15.9 Å². The Morgan fingerprint density at radius 2 is 1.91 bits per heavy atom. The van der Waals surface area contributed by atoms with E-state index >= 15 is 0 Å². The second-order valence-electron chi connectivity index (χ2n) is 9.06. The maximum Gasteiger partial charge on any atom is 0.298 e. The molecule has 1 aliphatic heterocycles. The average Bonchev–Trinajstić information content (AvgIpc) is 3.35. The molecule has 4 N–H and O–H groups in total. The lowest BCUT2D eigenvalue weighted by molar-refractivity contribution is 0.585. The summed E-state index contributed by atoms with van der Waals surface area (Å²) in [6.45, 7) is 3.15. The number of nitrogens with two attached hydrogens (primary N) is 2. The number of hydrogen-bond donors (Lipinski definition) is 2. The summed E-state index contributed by atoms with van der Waals surface area (Å²) in [6.07, 6.45) is 2.58. The first-order valence-corrected chi connectivity index (χ1v) is 11.1. The highest BCUT2D eigenvalue weighted by atomic mass is 19.1. The van der Waals surface area contributed by atoms with E-state index in [2.05, 4.69) is 4.98 Å². The van der Waals surface area contributed by atoms with Gasteiger partial charge in [-0.3, -0.25) is 4.79 Å². The monoisotopic (exact) mass is 451 g/mol. The molecule has 1 atom stereocenters. The molecular formula is C24H23F2N5O2. The Hall–Kier alpha value is -3.46. The van der Waals surface area contributed by atoms with Crippen molar-refractivity contribution in [3.63, 3.8) is 0 Å². The number of aromatic nitrogens is 2. The van der Waals surface area contributed by atoms with Crippen molar-refractivity contribution >= 4 is 33.7 Å². The Labute approximate surface area is 187 Å². The fourth-order valence-electron chi connectivity index (χ4n) is 4.88. The zero-order chi connectivity index (χ0) is 23.0. The van der Waals surface area contributed by atoms with Gasteiger partial charge in [0.05, 0.1) is 11.2 Å². The number of hydrogen-bond acceptors (Lipinski definition) is 6. The second kappa shape index (κ2) is 7.02. The predicted octanol–water partition coefficient (Wildman–Crippen LogP) is 3.85. The number of halogens is 2. The summed E-state index contributed by atoms with van der Waals surface area (Å²) in [4.78, 5) is 20.0. The van der Waals surface area contributed by atoms with Crippen LogP contribution in [0.4, 0.5) is 20.5 Å². The summed E-state index contributed by atoms with van der Waals surface area (Å²) in [5, 5.41) is 0.719. The summed E-state index contributed by atoms with van der Waals surface area (Å²) in [5.41, 5.74) is 13.7. The van der Waals surface area contributed by atoms with Crippen LogP contribution in [0.2, 0.25) is 0 Å². The molecule has 170 valence electrons. The first kappa shape index (κ1) is 20.2. The van der Waals surface area contributed by atoms with E-state index in [1.54, 1.807) is 16.7 Å². The van der Waals surface area contributed by atoms with Crippen LogP contribution in [0.5, 0.6) is 0 Å². The van der Waals surface area contributed by atoms with Crippen LogP contribution < -0.4 is 21.9 Å². The van der Waals surface area contributed by atoms with Crippen LogP contribution in [-0.2, 0) is 0 Å². The Bertz CT molecular complexity index is 1510. The van der Waals surface area contributed by atoms with E-state index in [0.29, 0.717) is 41.3 Å². The lowest BCUT2D eigenvalue weighted by Gasteiger charge is -2.16. The molecule has 1 aliphatic carbocycles. The molecule has 33 heavy (non-hydrogen) atoms. The van der Waals surface area contributed by atoms with Crippen LogP contribution >= 0.6 is 0 Å². The molecule has 2 aliphatic rings. The molecule has 0 spiro atoms. The molecule has 0 amide bonds. The van der Waals surface area contributed by atoms with Crippen LogP contribution in [0.1, 0.15) is 30.9 Å². The Morgan fingerprint density at radius 3 is 2.61 bits per heavy atom. The van der Waals surface area contributed by atoms with Gasteiger partial charge in [-0.1, -0.05) is 6.07 Å². The van der Waals surface area contributed by atoms with Crippen molar-refractivity contribution in [3.05, 3.63) is 51.8 Å². The number of pyridine rings is 1. The molecule has 1 saturated carbocycles. The number of nitrogens with zero attached hydrogens (tertiary/aromatic N) is 3. The van der Waals surface area contributed by atoms with Gasteiger partial charge in [-0.25, -0.2) is 8.78 Å². The smallest absolute Gasteiger partial charge is 0.298 e. The van der Waals surface area contributed by atoms with Crippen molar-refractivity contribution in [2.24, 2.45) is 5.73 Å². The highest BCUT2D eigenvalue weighted by Crippen LogP contribution is 2.41. The summed E-state index contributed by atoms with van der Waals surface area (Å²) in [5.74, 6) is -1.31. The Balaban J connectivity index is 1.64. The van der Waals surface area contributed by atoms with Gasteiger partial charge in [0.2, 0.25) is 0 Å². The van der Waals surface area contributed by atoms with Crippen LogP contribution in [0.15, 0.2) is 33.5 Å². The highest BCUT2D eigenvalue weighted by Gasteiger charge is 2.31. The van der Waals surface area contributed by atoms with E-state index in [9.17, 15) is 13.6 Å². The van der Waals surface area contributed by atoms with Gasteiger partial charge in [0.15, 0.2) is 11.1 Å². The minimum Gasteiger partial charge on any atom is -0.422 e. The molecule has 4 aromatic rings. The number of oxazole rings is 1. The molecular weight excluding hydrogens is 428 g/mol. The fourth-order valence-corrected chi connectivity index (χ4v) is 4.88. The normalized spacial score (nSPS) is 18.7. The van der Waals surface area contributed by atoms with Gasteiger partial charge < -0.3 is 25.4 Å². The summed E-state index contributed by atoms with van der Waals surface area (Å²) >= 11 is 0. The van der Waals surface area contributed by atoms with E-state index in [0.717, 1.165) is 36.8 Å². The van der Waals surface area contributed by atoms with Crippen LogP contribution in [0, 0.1) is 18.6 Å². The minimum atomic E-state index is -0.690. The zero-order valence-electron chi connectivity index (χ0n) is 18.1. The van der Waals surface area contributed by atoms with Gasteiger partial charge in [-0.05, 0) is 49.4 Å². The van der Waals surface area contributed by atoms with Gasteiger partial charge in [0, 0.05) is 42.2 Å². The predicted molar refractivity (Wildman–Crippen MR) is 123 cm³/mol. The average molecular weight is 451 g/mol. The highest BCUT2D eigenvalue weighted by molar-refractivity contribution is 6.04. The third-order valence-corrected chi connectivity index (χ3v) is 6.74. The molecule has 9 heteroatoms. The van der Waals surface area contributed by atoms with Crippen LogP contribution in [-0.4, -0.2) is 28.7 Å². The Morgan fingerprint density at radius 1 is 1.12 bits per heavy atom. The molecule has 2 aromatic heterocycles. The maximum atomic E-state index is 14.7. The number of anilines is 2. The van der Waals surface area contributed by atoms with Gasteiger partial charge in [-0.2, -0.15) is 4.98 Å².